The Bertz CT molecular complexity index is 1100. The van der Waals surface area contributed by atoms with Crippen molar-refractivity contribution in [2.75, 3.05) is 11.9 Å². The first kappa shape index (κ1) is 34.4. The molecule has 1 heterocycles. The number of alkyl halides is 17. The highest BCUT2D eigenvalue weighted by atomic mass is 32.1. The molecule has 0 aromatic carbocycles. The third-order valence-corrected chi connectivity index (χ3v) is 5.54. The molecule has 1 rings (SSSR count). The van der Waals surface area contributed by atoms with Crippen LogP contribution in [0.25, 0.3) is 0 Å². The molecule has 1 aromatic rings. The second kappa shape index (κ2) is 9.78. The minimum Gasteiger partial charge on any atom is -0.462 e. The molecule has 0 fully saturated rings. The first-order valence-corrected chi connectivity index (χ1v) is 9.99. The lowest BCUT2D eigenvalue weighted by Crippen LogP contribution is -2.75. The second-order valence-corrected chi connectivity index (χ2v) is 8.13. The molecule has 1 aromatic heterocycles. The maximum absolute atomic E-state index is 14.0. The van der Waals surface area contributed by atoms with E-state index in [0.717, 1.165) is 6.92 Å². The topological polar surface area (TPSA) is 68.3 Å². The van der Waals surface area contributed by atoms with Crippen LogP contribution in [0.4, 0.5) is 79.8 Å². The summed E-state index contributed by atoms with van der Waals surface area (Å²) in [4.78, 5) is 25.7. The lowest BCUT2D eigenvalue weighted by atomic mass is 9.89. The van der Waals surface area contributed by atoms with Crippen LogP contribution < -0.4 is 5.32 Å². The number of amides is 1. The summed E-state index contributed by atoms with van der Waals surface area (Å²) in [6.45, 7) is 1.88. The van der Waals surface area contributed by atoms with Crippen molar-refractivity contribution in [3.05, 3.63) is 10.6 Å². The van der Waals surface area contributed by atoms with Gasteiger partial charge in [-0.3, -0.25) is 10.1 Å². The van der Waals surface area contributed by atoms with Crippen molar-refractivity contribution in [2.45, 2.75) is 61.5 Å². The van der Waals surface area contributed by atoms with Crippen molar-refractivity contribution in [3.63, 3.8) is 0 Å². The van der Waals surface area contributed by atoms with Crippen molar-refractivity contribution in [1.29, 1.82) is 0 Å². The molecule has 39 heavy (non-hydrogen) atoms. The monoisotopic (exact) mass is 632 g/mol. The number of aromatic nitrogens is 1. The minimum absolute atomic E-state index is 0.152. The fraction of sp³-hybridized carbons (Fsp3) is 0.688. The average Bonchev–Trinajstić information content (AvgIpc) is 3.12. The third kappa shape index (κ3) is 4.93. The lowest BCUT2D eigenvalue weighted by Gasteiger charge is -2.42. The highest BCUT2D eigenvalue weighted by Gasteiger charge is 2.95. The van der Waals surface area contributed by atoms with Crippen molar-refractivity contribution < 1.29 is 89.0 Å². The van der Waals surface area contributed by atoms with Gasteiger partial charge in [-0.2, -0.15) is 74.6 Å². The van der Waals surface area contributed by atoms with E-state index < -0.39 is 75.2 Å². The van der Waals surface area contributed by atoms with Crippen molar-refractivity contribution in [1.82, 2.24) is 4.98 Å². The number of nitrogens with zero attached hydrogens (tertiary/aromatic N) is 1. The molecule has 23 heteroatoms. The SMILES string of the molecule is CCOC(=O)c1sc(NC(=O)C(F)(F)C(F)(F)C(F)(F)C(F)(F)C(F)(F)C(F)(F)C(F)(F)C(F)(F)F)nc1C. The molecular weight excluding hydrogens is 623 g/mol. The maximum atomic E-state index is 14.0. The van der Waals surface area contributed by atoms with Crippen LogP contribution in [0.1, 0.15) is 22.3 Å². The Morgan fingerprint density at radius 3 is 1.49 bits per heavy atom. The van der Waals surface area contributed by atoms with Crippen LogP contribution >= 0.6 is 11.3 Å². The standard InChI is InChI=1S/C16H9F17N2O3S/c1-3-38-6(36)5-4(2)34-8(39-5)35-7(37)9(17,18)10(19,20)11(21,22)12(23,24)13(25,26)14(27,28)15(29,30)16(31,32)33/h3H2,1-2H3,(H,34,35,37). The van der Waals surface area contributed by atoms with E-state index in [4.69, 9.17) is 0 Å². The quantitative estimate of drug-likeness (QED) is 0.234. The van der Waals surface area contributed by atoms with E-state index in [-0.39, 0.29) is 17.9 Å². The normalized spacial score (nSPS) is 14.8. The van der Waals surface area contributed by atoms with Gasteiger partial charge in [-0.1, -0.05) is 11.3 Å². The Hall–Kier alpha value is -2.62. The highest BCUT2D eigenvalue weighted by molar-refractivity contribution is 7.17. The Labute approximate surface area is 207 Å². The van der Waals surface area contributed by atoms with Crippen LogP contribution in [0.5, 0.6) is 0 Å². The van der Waals surface area contributed by atoms with Crippen LogP contribution in [-0.4, -0.2) is 71.1 Å². The fourth-order valence-corrected chi connectivity index (χ4v) is 3.17. The van der Waals surface area contributed by atoms with Gasteiger partial charge in [0.15, 0.2) is 5.13 Å². The number of aryl methyl sites for hydroxylation is 1. The molecule has 0 radical (unpaired) electrons. The van der Waals surface area contributed by atoms with Gasteiger partial charge < -0.3 is 4.74 Å². The number of anilines is 1. The fourth-order valence-electron chi connectivity index (χ4n) is 2.32. The molecule has 0 atom stereocenters. The zero-order chi connectivity index (χ0) is 31.4. The predicted octanol–water partition coefficient (Wildman–Crippen LogP) is 6.58. The van der Waals surface area contributed by atoms with E-state index >= 15 is 0 Å². The summed E-state index contributed by atoms with van der Waals surface area (Å²) in [6, 6.07) is 0. The van der Waals surface area contributed by atoms with Crippen LogP contribution in [-0.2, 0) is 9.53 Å². The van der Waals surface area contributed by atoms with Gasteiger partial charge in [0, 0.05) is 0 Å². The van der Waals surface area contributed by atoms with E-state index in [1.807, 2.05) is 0 Å². The van der Waals surface area contributed by atoms with E-state index in [0.29, 0.717) is 5.32 Å². The largest absolute Gasteiger partial charge is 0.462 e. The highest BCUT2D eigenvalue weighted by Crippen LogP contribution is 2.64. The van der Waals surface area contributed by atoms with Gasteiger partial charge in [0.2, 0.25) is 0 Å². The molecule has 226 valence electrons. The number of nitrogens with one attached hydrogen (secondary N) is 1. The molecule has 0 aliphatic rings. The summed E-state index contributed by atoms with van der Waals surface area (Å²) in [5.74, 6) is -63.7. The number of ether oxygens (including phenoxy) is 1. The van der Waals surface area contributed by atoms with Gasteiger partial charge in [-0.05, 0) is 13.8 Å². The Balaban J connectivity index is 3.54. The average molecular weight is 632 g/mol. The number of halogens is 17. The minimum atomic E-state index is -8.81. The summed E-state index contributed by atoms with van der Waals surface area (Å²) in [5, 5.41) is -0.681. The first-order valence-electron chi connectivity index (χ1n) is 9.18. The number of hydrogen-bond donors (Lipinski definition) is 1. The molecule has 0 spiro atoms. The van der Waals surface area contributed by atoms with Gasteiger partial charge in [-0.15, -0.1) is 0 Å². The van der Waals surface area contributed by atoms with Gasteiger partial charge in [0.05, 0.1) is 12.3 Å². The summed E-state index contributed by atoms with van der Waals surface area (Å²) in [7, 11) is 0. The summed E-state index contributed by atoms with van der Waals surface area (Å²) >= 11 is -0.152. The van der Waals surface area contributed by atoms with Gasteiger partial charge in [0.25, 0.3) is 0 Å². The molecule has 0 saturated carbocycles. The van der Waals surface area contributed by atoms with Crippen LogP contribution in [0, 0.1) is 6.92 Å². The van der Waals surface area contributed by atoms with E-state index in [1.165, 1.54) is 6.92 Å². The van der Waals surface area contributed by atoms with Crippen LogP contribution in [0.15, 0.2) is 0 Å². The molecule has 0 aliphatic heterocycles. The van der Waals surface area contributed by atoms with Crippen molar-refractivity contribution in [2.24, 2.45) is 0 Å². The number of carbonyl (C=O) groups is 2. The molecule has 0 aliphatic carbocycles. The van der Waals surface area contributed by atoms with Crippen molar-refractivity contribution in [3.8, 4) is 0 Å². The summed E-state index contributed by atoms with van der Waals surface area (Å²) < 4.78 is 230. The lowest BCUT2D eigenvalue weighted by molar-refractivity contribution is -0.459. The van der Waals surface area contributed by atoms with E-state index in [2.05, 4.69) is 9.72 Å². The van der Waals surface area contributed by atoms with E-state index in [1.54, 1.807) is 0 Å². The van der Waals surface area contributed by atoms with Gasteiger partial charge in [0.1, 0.15) is 4.88 Å². The van der Waals surface area contributed by atoms with Crippen LogP contribution in [0.3, 0.4) is 0 Å². The Morgan fingerprint density at radius 2 is 1.10 bits per heavy atom. The molecule has 1 N–H and O–H groups in total. The Morgan fingerprint density at radius 1 is 0.718 bits per heavy atom. The molecule has 1 amide bonds. The molecular formula is C16H9F17N2O3S. The Kier molecular flexibility index (Phi) is 8.63. The van der Waals surface area contributed by atoms with Gasteiger partial charge >= 0.3 is 59.5 Å². The first-order chi connectivity index (χ1) is 17.0. The number of esters is 1. The second-order valence-electron chi connectivity index (χ2n) is 7.13. The van der Waals surface area contributed by atoms with E-state index in [9.17, 15) is 84.2 Å². The molecule has 0 saturated heterocycles. The molecule has 0 unspecified atom stereocenters. The summed E-state index contributed by atoms with van der Waals surface area (Å²) in [6.07, 6.45) is -7.87. The zero-order valence-electron chi connectivity index (χ0n) is 18.2. The maximum Gasteiger partial charge on any atom is 0.460 e. The number of thiazole rings is 1. The number of hydrogen-bond acceptors (Lipinski definition) is 5. The van der Waals surface area contributed by atoms with Crippen molar-refractivity contribution >= 4 is 28.3 Å². The molecule has 5 nitrogen and oxygen atoms in total. The van der Waals surface area contributed by atoms with Gasteiger partial charge in [-0.25, -0.2) is 9.78 Å². The number of carbonyl (C=O) groups excluding carboxylic acids is 2. The van der Waals surface area contributed by atoms with Crippen LogP contribution in [0.2, 0.25) is 0 Å². The molecule has 0 bridgehead atoms. The third-order valence-electron chi connectivity index (χ3n) is 4.49. The summed E-state index contributed by atoms with van der Waals surface area (Å²) in [5.41, 5.74) is -0.479. The predicted molar refractivity (Wildman–Crippen MR) is 92.1 cm³/mol. The zero-order valence-corrected chi connectivity index (χ0v) is 19.0. The smallest absolute Gasteiger partial charge is 0.460 e. The number of rotatable bonds is 10.